The minimum absolute atomic E-state index is 0.110. The first-order chi connectivity index (χ1) is 14.1. The van der Waals surface area contributed by atoms with Crippen LogP contribution in [0.5, 0.6) is 5.75 Å². The van der Waals surface area contributed by atoms with Crippen LogP contribution >= 0.6 is 0 Å². The van der Waals surface area contributed by atoms with Gasteiger partial charge in [0.05, 0.1) is 12.2 Å². The van der Waals surface area contributed by atoms with Crippen molar-refractivity contribution in [1.82, 2.24) is 14.7 Å². The summed E-state index contributed by atoms with van der Waals surface area (Å²) in [6.07, 6.45) is 3.82. The number of carbonyl (C=O) groups excluding carboxylic acids is 1. The van der Waals surface area contributed by atoms with E-state index in [1.165, 1.54) is 12.1 Å². The van der Waals surface area contributed by atoms with Crippen LogP contribution in [0.2, 0.25) is 0 Å². The van der Waals surface area contributed by atoms with Gasteiger partial charge < -0.3 is 9.64 Å². The van der Waals surface area contributed by atoms with E-state index in [9.17, 15) is 9.18 Å². The first kappa shape index (κ1) is 19.2. The third-order valence-corrected chi connectivity index (χ3v) is 5.24. The first-order valence-electron chi connectivity index (χ1n) is 9.93. The summed E-state index contributed by atoms with van der Waals surface area (Å²) in [7, 11) is 1.77. The van der Waals surface area contributed by atoms with Crippen LogP contribution in [0.1, 0.15) is 34.6 Å². The van der Waals surface area contributed by atoms with Crippen molar-refractivity contribution in [3.8, 4) is 11.4 Å². The maximum atomic E-state index is 13.3. The maximum absolute atomic E-state index is 13.3. The number of amides is 1. The SMILES string of the molecule is CN(CCOc1ccccc1)C(=O)c1nn(-c2ccc(F)cc2)c2c1CCCC2. The lowest BCUT2D eigenvalue weighted by Crippen LogP contribution is -2.32. The monoisotopic (exact) mass is 393 g/mol. The molecule has 2 aromatic carbocycles. The lowest BCUT2D eigenvalue weighted by atomic mass is 9.95. The molecule has 1 aliphatic rings. The van der Waals surface area contributed by atoms with E-state index in [2.05, 4.69) is 5.10 Å². The number of benzene rings is 2. The number of nitrogens with zero attached hydrogens (tertiary/aromatic N) is 3. The Labute approximate surface area is 169 Å². The minimum atomic E-state index is -0.288. The number of hydrogen-bond acceptors (Lipinski definition) is 3. The molecule has 1 aromatic heterocycles. The zero-order valence-electron chi connectivity index (χ0n) is 16.5. The Hall–Kier alpha value is -3.15. The molecule has 1 heterocycles. The van der Waals surface area contributed by atoms with E-state index in [1.807, 2.05) is 30.3 Å². The highest BCUT2D eigenvalue weighted by atomic mass is 19.1. The van der Waals surface area contributed by atoms with Crippen LogP contribution in [-0.4, -0.2) is 40.8 Å². The standard InChI is InChI=1S/C23H24FN3O2/c1-26(15-16-29-19-7-3-2-4-8-19)23(28)22-20-9-5-6-10-21(20)27(25-22)18-13-11-17(24)12-14-18/h2-4,7-8,11-14H,5-6,9-10,15-16H2,1H3. The number of hydrogen-bond donors (Lipinski definition) is 0. The molecule has 6 heteroatoms. The van der Waals surface area contributed by atoms with Gasteiger partial charge >= 0.3 is 0 Å². The van der Waals surface area contributed by atoms with Crippen molar-refractivity contribution >= 4 is 5.91 Å². The highest BCUT2D eigenvalue weighted by Crippen LogP contribution is 2.27. The molecule has 3 aromatic rings. The van der Waals surface area contributed by atoms with Crippen LogP contribution in [-0.2, 0) is 12.8 Å². The second kappa shape index (κ2) is 8.47. The normalized spacial score (nSPS) is 13.0. The fourth-order valence-electron chi connectivity index (χ4n) is 3.67. The lowest BCUT2D eigenvalue weighted by Gasteiger charge is -2.18. The summed E-state index contributed by atoms with van der Waals surface area (Å²) < 4.78 is 20.8. The molecule has 150 valence electrons. The zero-order chi connectivity index (χ0) is 20.2. The summed E-state index contributed by atoms with van der Waals surface area (Å²) in [5, 5.41) is 4.64. The van der Waals surface area contributed by atoms with E-state index < -0.39 is 0 Å². The molecule has 0 bridgehead atoms. The van der Waals surface area contributed by atoms with Crippen molar-refractivity contribution in [1.29, 1.82) is 0 Å². The number of likely N-dealkylation sites (N-methyl/N-ethyl adjacent to an activating group) is 1. The van der Waals surface area contributed by atoms with Gasteiger partial charge in [0.1, 0.15) is 18.2 Å². The van der Waals surface area contributed by atoms with Crippen molar-refractivity contribution in [2.45, 2.75) is 25.7 Å². The van der Waals surface area contributed by atoms with Gasteiger partial charge in [0.15, 0.2) is 5.69 Å². The maximum Gasteiger partial charge on any atom is 0.274 e. The van der Waals surface area contributed by atoms with Crippen LogP contribution in [0.3, 0.4) is 0 Å². The quantitative estimate of drug-likeness (QED) is 0.635. The second-order valence-corrected chi connectivity index (χ2v) is 7.26. The van der Waals surface area contributed by atoms with E-state index in [1.54, 1.807) is 28.8 Å². The van der Waals surface area contributed by atoms with Crippen LogP contribution in [0.25, 0.3) is 5.69 Å². The zero-order valence-corrected chi connectivity index (χ0v) is 16.5. The number of aromatic nitrogens is 2. The molecule has 0 saturated heterocycles. The van der Waals surface area contributed by atoms with E-state index in [-0.39, 0.29) is 11.7 Å². The number of halogens is 1. The smallest absolute Gasteiger partial charge is 0.274 e. The van der Waals surface area contributed by atoms with E-state index in [0.717, 1.165) is 48.4 Å². The Bertz CT molecular complexity index is 983. The summed E-state index contributed by atoms with van der Waals surface area (Å²) in [5.74, 6) is 0.385. The average Bonchev–Trinajstić information content (AvgIpc) is 3.14. The molecule has 29 heavy (non-hydrogen) atoms. The number of ether oxygens (including phenoxy) is 1. The van der Waals surface area contributed by atoms with E-state index >= 15 is 0 Å². The van der Waals surface area contributed by atoms with Gasteiger partial charge in [-0.2, -0.15) is 5.10 Å². The van der Waals surface area contributed by atoms with Gasteiger partial charge in [-0.05, 0) is 62.1 Å². The van der Waals surface area contributed by atoms with Crippen molar-refractivity contribution < 1.29 is 13.9 Å². The van der Waals surface area contributed by atoms with E-state index in [0.29, 0.717) is 18.8 Å². The summed E-state index contributed by atoms with van der Waals surface area (Å²) in [4.78, 5) is 14.7. The Morgan fingerprint density at radius 2 is 1.83 bits per heavy atom. The largest absolute Gasteiger partial charge is 0.492 e. The first-order valence-corrected chi connectivity index (χ1v) is 9.93. The van der Waals surface area contributed by atoms with Crippen molar-refractivity contribution in [2.24, 2.45) is 0 Å². The molecule has 0 radical (unpaired) electrons. The highest BCUT2D eigenvalue weighted by Gasteiger charge is 2.27. The van der Waals surface area contributed by atoms with Gasteiger partial charge in [0.2, 0.25) is 0 Å². The molecule has 1 aliphatic carbocycles. The summed E-state index contributed by atoms with van der Waals surface area (Å²) >= 11 is 0. The average molecular weight is 393 g/mol. The number of fused-ring (bicyclic) bond motifs is 1. The number of rotatable bonds is 6. The third-order valence-electron chi connectivity index (χ3n) is 5.24. The predicted molar refractivity (Wildman–Crippen MR) is 109 cm³/mol. The molecular formula is C23H24FN3O2. The van der Waals surface area contributed by atoms with Gasteiger partial charge in [0.25, 0.3) is 5.91 Å². The van der Waals surface area contributed by atoms with Gasteiger partial charge in [0, 0.05) is 18.3 Å². The third kappa shape index (κ3) is 4.16. The molecule has 0 unspecified atom stereocenters. The molecule has 0 saturated carbocycles. The van der Waals surface area contributed by atoms with E-state index in [4.69, 9.17) is 4.74 Å². The van der Waals surface area contributed by atoms with Crippen molar-refractivity contribution in [2.75, 3.05) is 20.2 Å². The molecule has 0 fully saturated rings. The molecule has 0 spiro atoms. The fraction of sp³-hybridized carbons (Fsp3) is 0.304. The minimum Gasteiger partial charge on any atom is -0.492 e. The molecule has 1 amide bonds. The van der Waals surface area contributed by atoms with Crippen LogP contribution in [0.4, 0.5) is 4.39 Å². The van der Waals surface area contributed by atoms with Gasteiger partial charge in [-0.3, -0.25) is 4.79 Å². The van der Waals surface area contributed by atoms with Gasteiger partial charge in [-0.25, -0.2) is 9.07 Å². The molecule has 0 aliphatic heterocycles. The summed E-state index contributed by atoms with van der Waals surface area (Å²) in [6, 6.07) is 15.8. The van der Waals surface area contributed by atoms with Gasteiger partial charge in [-0.15, -0.1) is 0 Å². The topological polar surface area (TPSA) is 47.4 Å². The fourth-order valence-corrected chi connectivity index (χ4v) is 3.67. The molecular weight excluding hydrogens is 369 g/mol. The van der Waals surface area contributed by atoms with Crippen LogP contribution in [0.15, 0.2) is 54.6 Å². The van der Waals surface area contributed by atoms with Crippen LogP contribution < -0.4 is 4.74 Å². The van der Waals surface area contributed by atoms with Gasteiger partial charge in [-0.1, -0.05) is 18.2 Å². The number of carbonyl (C=O) groups is 1. The summed E-state index contributed by atoms with van der Waals surface area (Å²) in [5.41, 5.74) is 3.34. The Kier molecular flexibility index (Phi) is 5.60. The summed E-state index contributed by atoms with van der Waals surface area (Å²) in [6.45, 7) is 0.874. The number of para-hydroxylation sites is 1. The molecule has 5 nitrogen and oxygen atoms in total. The molecule has 0 N–H and O–H groups in total. The Morgan fingerprint density at radius 3 is 2.59 bits per heavy atom. The highest BCUT2D eigenvalue weighted by molar-refractivity contribution is 5.94. The second-order valence-electron chi connectivity index (χ2n) is 7.26. The predicted octanol–water partition coefficient (Wildman–Crippen LogP) is 4.04. The Morgan fingerprint density at radius 1 is 1.10 bits per heavy atom. The Balaban J connectivity index is 1.52. The van der Waals surface area contributed by atoms with Crippen molar-refractivity contribution in [3.63, 3.8) is 0 Å². The molecule has 4 rings (SSSR count). The van der Waals surface area contributed by atoms with Crippen molar-refractivity contribution in [3.05, 3.63) is 77.4 Å². The van der Waals surface area contributed by atoms with Crippen LogP contribution in [0, 0.1) is 5.82 Å². The molecule has 0 atom stereocenters. The lowest BCUT2D eigenvalue weighted by molar-refractivity contribution is 0.0766.